The van der Waals surface area contributed by atoms with Crippen LogP contribution in [0, 0.1) is 11.8 Å². The summed E-state index contributed by atoms with van der Waals surface area (Å²) in [6.07, 6.45) is 4.16. The maximum absolute atomic E-state index is 11.5. The summed E-state index contributed by atoms with van der Waals surface area (Å²) in [6.45, 7) is 2.12. The van der Waals surface area contributed by atoms with E-state index in [0.717, 1.165) is 44.5 Å². The average Bonchev–Trinajstić information content (AvgIpc) is 2.61. The van der Waals surface area contributed by atoms with Gasteiger partial charge in [0.1, 0.15) is 5.75 Å². The number of hydrogen-bond donors (Lipinski definition) is 2. The first kappa shape index (κ1) is 12.8. The zero-order chi connectivity index (χ0) is 12.5. The molecule has 1 amide bonds. The van der Waals surface area contributed by atoms with Crippen molar-refractivity contribution >= 4 is 15.7 Å². The summed E-state index contributed by atoms with van der Waals surface area (Å²) in [5.74, 6) is 0.641. The summed E-state index contributed by atoms with van der Waals surface area (Å²) in [4.78, 5) is 11.5. The number of hydrogen-bond acceptors (Lipinski definition) is 4. The van der Waals surface area contributed by atoms with E-state index in [1.165, 1.54) is 0 Å². The molecule has 0 aromatic carbocycles. The molecule has 0 spiro atoms. The lowest BCUT2D eigenvalue weighted by Crippen LogP contribution is -2.42. The van der Waals surface area contributed by atoms with Crippen molar-refractivity contribution in [2.45, 2.75) is 25.3 Å². The van der Waals surface area contributed by atoms with Crippen LogP contribution >= 0.6 is 0 Å². The summed E-state index contributed by atoms with van der Waals surface area (Å²) in [5.41, 5.74) is 0. The summed E-state index contributed by atoms with van der Waals surface area (Å²) >= 11 is 0. The Balaban J connectivity index is 1.82. The van der Waals surface area contributed by atoms with Crippen molar-refractivity contribution in [2.24, 2.45) is 11.8 Å². The van der Waals surface area contributed by atoms with Gasteiger partial charge in [-0.15, -0.1) is 0 Å². The quantitative estimate of drug-likeness (QED) is 0.720. The molecule has 2 fully saturated rings. The van der Waals surface area contributed by atoms with Crippen molar-refractivity contribution in [3.8, 4) is 0 Å². The van der Waals surface area contributed by atoms with Gasteiger partial charge < -0.3 is 10.6 Å². The van der Waals surface area contributed by atoms with E-state index >= 15 is 0 Å². The van der Waals surface area contributed by atoms with Gasteiger partial charge in [-0.1, -0.05) is 0 Å². The lowest BCUT2D eigenvalue weighted by atomic mass is 9.79. The van der Waals surface area contributed by atoms with Gasteiger partial charge in [0.05, 0.1) is 0 Å². The van der Waals surface area contributed by atoms with E-state index < -0.39 is 15.6 Å². The molecule has 0 aromatic heterocycles. The van der Waals surface area contributed by atoms with Crippen LogP contribution in [0.3, 0.4) is 0 Å². The summed E-state index contributed by atoms with van der Waals surface area (Å²) in [5, 5.41) is 6.21. The first-order valence-corrected chi connectivity index (χ1v) is 8.18. The fraction of sp³-hybridized carbons (Fsp3) is 0.909. The van der Waals surface area contributed by atoms with Crippen LogP contribution in [0.2, 0.25) is 0 Å². The van der Waals surface area contributed by atoms with Crippen LogP contribution in [0.25, 0.3) is 0 Å². The Labute approximate surface area is 102 Å². The SMILES string of the molecule is CS(=O)(=O)CC(=O)NC1CC[C@H]2CNC[C@H]2C1. The Kier molecular flexibility index (Phi) is 3.73. The molecule has 0 bridgehead atoms. The van der Waals surface area contributed by atoms with Crippen LogP contribution in [0.15, 0.2) is 0 Å². The van der Waals surface area contributed by atoms with E-state index in [0.29, 0.717) is 5.92 Å². The standard InChI is InChI=1S/C11H20N2O3S/c1-17(15,16)7-11(14)13-10-3-2-8-5-12-6-9(8)4-10/h8-10,12H,2-7H2,1H3,(H,13,14)/t8-,9+,10?/m0/s1. The van der Waals surface area contributed by atoms with Crippen molar-refractivity contribution in [3.05, 3.63) is 0 Å². The molecule has 98 valence electrons. The van der Waals surface area contributed by atoms with Crippen LogP contribution in [0.1, 0.15) is 19.3 Å². The van der Waals surface area contributed by atoms with Crippen LogP contribution in [-0.4, -0.2) is 45.5 Å². The van der Waals surface area contributed by atoms with E-state index in [1.807, 2.05) is 0 Å². The first-order chi connectivity index (χ1) is 7.94. The lowest BCUT2D eigenvalue weighted by molar-refractivity contribution is -0.119. The van der Waals surface area contributed by atoms with E-state index in [2.05, 4.69) is 10.6 Å². The van der Waals surface area contributed by atoms with Crippen molar-refractivity contribution < 1.29 is 13.2 Å². The van der Waals surface area contributed by atoms with Crippen LogP contribution in [-0.2, 0) is 14.6 Å². The van der Waals surface area contributed by atoms with Gasteiger partial charge in [-0.2, -0.15) is 0 Å². The second kappa shape index (κ2) is 4.94. The molecule has 1 saturated carbocycles. The molecule has 1 aliphatic heterocycles. The van der Waals surface area contributed by atoms with Gasteiger partial charge in [0.2, 0.25) is 5.91 Å². The Morgan fingerprint density at radius 2 is 2.00 bits per heavy atom. The molecule has 0 radical (unpaired) electrons. The molecule has 5 nitrogen and oxygen atoms in total. The van der Waals surface area contributed by atoms with Gasteiger partial charge in [-0.25, -0.2) is 8.42 Å². The maximum atomic E-state index is 11.5. The Morgan fingerprint density at radius 1 is 1.29 bits per heavy atom. The highest BCUT2D eigenvalue weighted by Gasteiger charge is 2.34. The van der Waals surface area contributed by atoms with E-state index in [1.54, 1.807) is 0 Å². The molecule has 17 heavy (non-hydrogen) atoms. The molecule has 2 aliphatic rings. The van der Waals surface area contributed by atoms with Crippen LogP contribution < -0.4 is 10.6 Å². The molecular weight excluding hydrogens is 240 g/mol. The summed E-state index contributed by atoms with van der Waals surface area (Å²) in [6, 6.07) is 0.158. The average molecular weight is 260 g/mol. The molecule has 1 heterocycles. The number of amides is 1. The zero-order valence-electron chi connectivity index (χ0n) is 10.1. The molecule has 1 unspecified atom stereocenters. The smallest absolute Gasteiger partial charge is 0.235 e. The van der Waals surface area contributed by atoms with Gasteiger partial charge in [0.15, 0.2) is 9.84 Å². The third kappa shape index (κ3) is 3.67. The normalized spacial score (nSPS) is 33.1. The van der Waals surface area contributed by atoms with E-state index in [4.69, 9.17) is 0 Å². The van der Waals surface area contributed by atoms with Gasteiger partial charge in [-0.05, 0) is 44.2 Å². The molecular formula is C11H20N2O3S. The van der Waals surface area contributed by atoms with Crippen molar-refractivity contribution in [1.82, 2.24) is 10.6 Å². The summed E-state index contributed by atoms with van der Waals surface area (Å²) in [7, 11) is -3.22. The highest BCUT2D eigenvalue weighted by Crippen LogP contribution is 2.32. The number of rotatable bonds is 3. The topological polar surface area (TPSA) is 75.3 Å². The highest BCUT2D eigenvalue weighted by atomic mass is 32.2. The first-order valence-electron chi connectivity index (χ1n) is 6.12. The van der Waals surface area contributed by atoms with Gasteiger partial charge in [0.25, 0.3) is 0 Å². The van der Waals surface area contributed by atoms with Crippen LogP contribution in [0.4, 0.5) is 0 Å². The predicted molar refractivity (Wildman–Crippen MR) is 65.3 cm³/mol. The molecule has 0 aromatic rings. The molecule has 1 aliphatic carbocycles. The molecule has 1 saturated heterocycles. The largest absolute Gasteiger partial charge is 0.352 e. The number of sulfone groups is 1. The Hall–Kier alpha value is -0.620. The second-order valence-electron chi connectivity index (χ2n) is 5.33. The van der Waals surface area contributed by atoms with Crippen LogP contribution in [0.5, 0.6) is 0 Å². The maximum Gasteiger partial charge on any atom is 0.235 e. The predicted octanol–water partition coefficient (Wildman–Crippen LogP) is -0.465. The monoisotopic (exact) mass is 260 g/mol. The van der Waals surface area contributed by atoms with Crippen molar-refractivity contribution in [2.75, 3.05) is 25.1 Å². The third-order valence-electron chi connectivity index (χ3n) is 3.71. The van der Waals surface area contributed by atoms with Gasteiger partial charge >= 0.3 is 0 Å². The Morgan fingerprint density at radius 3 is 2.71 bits per heavy atom. The van der Waals surface area contributed by atoms with Gasteiger partial charge in [0, 0.05) is 12.3 Å². The molecule has 6 heteroatoms. The van der Waals surface area contributed by atoms with E-state index in [9.17, 15) is 13.2 Å². The highest BCUT2D eigenvalue weighted by molar-refractivity contribution is 7.91. The lowest BCUT2D eigenvalue weighted by Gasteiger charge is -2.31. The fourth-order valence-electron chi connectivity index (χ4n) is 2.94. The number of carbonyl (C=O) groups is 1. The summed E-state index contributed by atoms with van der Waals surface area (Å²) < 4.78 is 22.0. The Bertz CT molecular complexity index is 394. The minimum atomic E-state index is -3.22. The minimum Gasteiger partial charge on any atom is -0.352 e. The van der Waals surface area contributed by atoms with Crippen molar-refractivity contribution in [1.29, 1.82) is 0 Å². The van der Waals surface area contributed by atoms with Gasteiger partial charge in [-0.3, -0.25) is 4.79 Å². The fourth-order valence-corrected chi connectivity index (χ4v) is 3.50. The second-order valence-corrected chi connectivity index (χ2v) is 7.47. The van der Waals surface area contributed by atoms with Crippen molar-refractivity contribution in [3.63, 3.8) is 0 Å². The molecule has 2 N–H and O–H groups in total. The minimum absolute atomic E-state index is 0.158. The molecule has 3 atom stereocenters. The molecule has 2 rings (SSSR count). The number of carbonyl (C=O) groups excluding carboxylic acids is 1. The zero-order valence-corrected chi connectivity index (χ0v) is 10.9. The third-order valence-corrected chi connectivity index (χ3v) is 4.50. The number of nitrogens with one attached hydrogen (secondary N) is 2. The van der Waals surface area contributed by atoms with E-state index in [-0.39, 0.29) is 11.9 Å². The number of fused-ring (bicyclic) bond motifs is 1.